The Morgan fingerprint density at radius 1 is 1.24 bits per heavy atom. The van der Waals surface area contributed by atoms with Crippen LogP contribution in [0.1, 0.15) is 32.1 Å². The van der Waals surface area contributed by atoms with Crippen molar-refractivity contribution in [3.8, 4) is 0 Å². The summed E-state index contributed by atoms with van der Waals surface area (Å²) in [7, 11) is 0.810. The van der Waals surface area contributed by atoms with E-state index in [2.05, 4.69) is 5.32 Å². The quantitative estimate of drug-likeness (QED) is 0.909. The summed E-state index contributed by atoms with van der Waals surface area (Å²) in [5.41, 5.74) is 0. The highest BCUT2D eigenvalue weighted by Crippen LogP contribution is 2.21. The number of nitrogens with zero attached hydrogens (tertiary/aromatic N) is 1. The molecule has 0 aliphatic heterocycles. The minimum absolute atomic E-state index is 0.0491. The van der Waals surface area contributed by atoms with E-state index in [-0.39, 0.29) is 6.03 Å². The van der Waals surface area contributed by atoms with E-state index in [0.717, 1.165) is 17.7 Å². The molecule has 21 heavy (non-hydrogen) atoms. The summed E-state index contributed by atoms with van der Waals surface area (Å²) >= 11 is 0. The first-order valence-corrected chi connectivity index (χ1v) is 8.94. The molecule has 1 aliphatic carbocycles. The first kappa shape index (κ1) is 16.0. The van der Waals surface area contributed by atoms with Gasteiger partial charge >= 0.3 is 6.03 Å². The number of urea groups is 1. The summed E-state index contributed by atoms with van der Waals surface area (Å²) in [6.45, 7) is 0.442. The number of rotatable bonds is 5. The number of hydrogen-bond acceptors (Lipinski definition) is 2. The summed E-state index contributed by atoms with van der Waals surface area (Å²) in [4.78, 5) is 14.7. The van der Waals surface area contributed by atoms with Crippen LogP contribution in [0.4, 0.5) is 4.79 Å². The van der Waals surface area contributed by atoms with Gasteiger partial charge in [-0.3, -0.25) is 4.21 Å². The van der Waals surface area contributed by atoms with Gasteiger partial charge in [-0.2, -0.15) is 0 Å². The van der Waals surface area contributed by atoms with Crippen LogP contribution in [0, 0.1) is 0 Å². The molecule has 1 saturated carbocycles. The number of carbonyl (C=O) groups excluding carboxylic acids is 1. The van der Waals surface area contributed by atoms with Crippen molar-refractivity contribution < 1.29 is 9.00 Å². The number of nitrogens with one attached hydrogen (secondary N) is 1. The Bertz CT molecular complexity index is 472. The van der Waals surface area contributed by atoms with Crippen LogP contribution in [0.2, 0.25) is 0 Å². The van der Waals surface area contributed by atoms with E-state index >= 15 is 0 Å². The third-order valence-corrected chi connectivity index (χ3v) is 5.39. The monoisotopic (exact) mass is 308 g/mol. The third-order valence-electron chi connectivity index (χ3n) is 4.01. The van der Waals surface area contributed by atoms with Crippen LogP contribution in [0.15, 0.2) is 35.2 Å². The molecule has 1 fully saturated rings. The lowest BCUT2D eigenvalue weighted by molar-refractivity contribution is 0.174. The number of benzene rings is 1. The van der Waals surface area contributed by atoms with Gasteiger partial charge in [0.25, 0.3) is 0 Å². The molecule has 0 bridgehead atoms. The first-order valence-electron chi connectivity index (χ1n) is 7.62. The maximum absolute atomic E-state index is 12.1. The molecule has 0 saturated heterocycles. The normalized spacial score (nSPS) is 17.2. The van der Waals surface area contributed by atoms with Crippen LogP contribution in [0.5, 0.6) is 0 Å². The SMILES string of the molecule is CN(C(=O)NCC[S@@](=O)c1ccccc1)C1CCCCC1. The van der Waals surface area contributed by atoms with Crippen LogP contribution >= 0.6 is 0 Å². The predicted octanol–water partition coefficient (Wildman–Crippen LogP) is 2.77. The predicted molar refractivity (Wildman–Crippen MR) is 85.8 cm³/mol. The molecule has 2 amide bonds. The minimum atomic E-state index is -1.05. The fourth-order valence-electron chi connectivity index (χ4n) is 2.70. The Morgan fingerprint density at radius 3 is 2.57 bits per heavy atom. The molecular weight excluding hydrogens is 284 g/mol. The summed E-state index contributed by atoms with van der Waals surface area (Å²) < 4.78 is 12.0. The van der Waals surface area contributed by atoms with Crippen molar-refractivity contribution in [3.63, 3.8) is 0 Å². The second-order valence-electron chi connectivity index (χ2n) is 5.50. The Balaban J connectivity index is 1.72. The molecule has 2 rings (SSSR count). The smallest absolute Gasteiger partial charge is 0.317 e. The molecule has 0 spiro atoms. The van der Waals surface area contributed by atoms with Gasteiger partial charge in [0.2, 0.25) is 0 Å². The highest BCUT2D eigenvalue weighted by Gasteiger charge is 2.21. The van der Waals surface area contributed by atoms with E-state index in [1.165, 1.54) is 19.3 Å². The van der Waals surface area contributed by atoms with Crippen LogP contribution in [-0.2, 0) is 10.8 Å². The number of hydrogen-bond donors (Lipinski definition) is 1. The van der Waals surface area contributed by atoms with E-state index < -0.39 is 10.8 Å². The lowest BCUT2D eigenvalue weighted by Gasteiger charge is -2.31. The molecular formula is C16H24N2O2S. The number of carbonyl (C=O) groups is 1. The molecule has 4 nitrogen and oxygen atoms in total. The second-order valence-corrected chi connectivity index (χ2v) is 7.07. The molecule has 1 aliphatic rings. The fourth-order valence-corrected chi connectivity index (χ4v) is 3.68. The van der Waals surface area contributed by atoms with Gasteiger partial charge in [-0.25, -0.2) is 4.79 Å². The van der Waals surface area contributed by atoms with Gasteiger partial charge in [0.1, 0.15) is 0 Å². The molecule has 1 atom stereocenters. The van der Waals surface area contributed by atoms with Crippen molar-refractivity contribution in [3.05, 3.63) is 30.3 Å². The largest absolute Gasteiger partial charge is 0.337 e. The fraction of sp³-hybridized carbons (Fsp3) is 0.562. The molecule has 116 valence electrons. The summed E-state index contributed by atoms with van der Waals surface area (Å²) in [6.07, 6.45) is 5.89. The highest BCUT2D eigenvalue weighted by atomic mass is 32.2. The van der Waals surface area contributed by atoms with Gasteiger partial charge in [0.15, 0.2) is 0 Å². The molecule has 5 heteroatoms. The first-order chi connectivity index (χ1) is 10.2. The van der Waals surface area contributed by atoms with Crippen molar-refractivity contribution >= 4 is 16.8 Å². The van der Waals surface area contributed by atoms with Gasteiger partial charge in [-0.15, -0.1) is 0 Å². The van der Waals surface area contributed by atoms with Crippen molar-refractivity contribution in [2.24, 2.45) is 0 Å². The van der Waals surface area contributed by atoms with Crippen LogP contribution in [0.25, 0.3) is 0 Å². The van der Waals surface area contributed by atoms with Crippen LogP contribution < -0.4 is 5.32 Å². The van der Waals surface area contributed by atoms with Crippen LogP contribution in [-0.4, -0.2) is 40.5 Å². The van der Waals surface area contributed by atoms with E-state index in [4.69, 9.17) is 0 Å². The van der Waals surface area contributed by atoms with Crippen LogP contribution in [0.3, 0.4) is 0 Å². The zero-order chi connectivity index (χ0) is 15.1. The Morgan fingerprint density at radius 2 is 1.90 bits per heavy atom. The molecule has 0 radical (unpaired) electrons. The number of amides is 2. The molecule has 1 aromatic carbocycles. The van der Waals surface area contributed by atoms with Gasteiger partial charge in [0, 0.05) is 30.3 Å². The lowest BCUT2D eigenvalue weighted by atomic mass is 9.95. The molecule has 1 aromatic rings. The van der Waals surface area contributed by atoms with Gasteiger partial charge in [0.05, 0.1) is 10.8 Å². The average molecular weight is 308 g/mol. The topological polar surface area (TPSA) is 49.4 Å². The van der Waals surface area contributed by atoms with E-state index in [1.807, 2.05) is 42.3 Å². The summed E-state index contributed by atoms with van der Waals surface area (Å²) in [5, 5.41) is 2.87. The summed E-state index contributed by atoms with van der Waals surface area (Å²) in [6, 6.07) is 9.68. The van der Waals surface area contributed by atoms with E-state index in [1.54, 1.807) is 0 Å². The second kappa shape index (κ2) is 8.17. The maximum atomic E-state index is 12.1. The van der Waals surface area contributed by atoms with Gasteiger partial charge in [-0.05, 0) is 25.0 Å². The summed E-state index contributed by atoms with van der Waals surface area (Å²) in [5.74, 6) is 0.453. The molecule has 1 N–H and O–H groups in total. The maximum Gasteiger partial charge on any atom is 0.317 e. The van der Waals surface area contributed by atoms with Crippen molar-refractivity contribution in [2.45, 2.75) is 43.0 Å². The van der Waals surface area contributed by atoms with E-state index in [9.17, 15) is 9.00 Å². The van der Waals surface area contributed by atoms with Crippen molar-refractivity contribution in [1.82, 2.24) is 10.2 Å². The zero-order valence-electron chi connectivity index (χ0n) is 12.6. The zero-order valence-corrected chi connectivity index (χ0v) is 13.4. The standard InChI is InChI=1S/C16H24N2O2S/c1-18(14-8-4-2-5-9-14)16(19)17-12-13-21(20)15-10-6-3-7-11-15/h3,6-7,10-11,14H,2,4-5,8-9,12-13H2,1H3,(H,17,19)/t21-/m1/s1. The lowest BCUT2D eigenvalue weighted by Crippen LogP contribution is -2.45. The average Bonchev–Trinajstić information content (AvgIpc) is 2.55. The molecule has 0 unspecified atom stereocenters. The molecule has 0 heterocycles. The Hall–Kier alpha value is -1.36. The highest BCUT2D eigenvalue weighted by molar-refractivity contribution is 7.85. The van der Waals surface area contributed by atoms with Gasteiger partial charge < -0.3 is 10.2 Å². The molecule has 0 aromatic heterocycles. The van der Waals surface area contributed by atoms with Gasteiger partial charge in [-0.1, -0.05) is 37.5 Å². The van der Waals surface area contributed by atoms with E-state index in [0.29, 0.717) is 18.3 Å². The van der Waals surface area contributed by atoms with Crippen molar-refractivity contribution in [2.75, 3.05) is 19.3 Å². The Labute approximate surface area is 129 Å². The minimum Gasteiger partial charge on any atom is -0.337 e. The third kappa shape index (κ3) is 4.84. The Kier molecular flexibility index (Phi) is 6.23. The van der Waals surface area contributed by atoms with Crippen molar-refractivity contribution in [1.29, 1.82) is 0 Å².